The van der Waals surface area contributed by atoms with E-state index >= 15 is 0 Å². The van der Waals surface area contributed by atoms with Crippen molar-refractivity contribution in [3.8, 4) is 0 Å². The zero-order valence-electron chi connectivity index (χ0n) is 8.98. The highest BCUT2D eigenvalue weighted by molar-refractivity contribution is 7.10. The molecule has 1 saturated heterocycles. The maximum atomic E-state index is 10.0. The minimum absolute atomic E-state index is 0.277. The summed E-state index contributed by atoms with van der Waals surface area (Å²) in [5.74, 6) is 0. The van der Waals surface area contributed by atoms with E-state index in [1.54, 1.807) is 11.3 Å². The normalized spacial score (nSPS) is 24.7. The molecule has 0 saturated carbocycles. The molecule has 0 unspecified atom stereocenters. The zero-order valence-corrected chi connectivity index (χ0v) is 9.80. The van der Waals surface area contributed by atoms with E-state index in [0.29, 0.717) is 6.04 Å². The molecule has 0 aliphatic carbocycles. The van der Waals surface area contributed by atoms with Crippen LogP contribution in [0.15, 0.2) is 17.5 Å². The maximum Gasteiger partial charge on any atom is 0.0896 e. The Balaban J connectivity index is 1.84. The average molecular weight is 225 g/mol. The molecule has 2 atom stereocenters. The van der Waals surface area contributed by atoms with Crippen LogP contribution in [-0.2, 0) is 0 Å². The second-order valence-corrected chi connectivity index (χ2v) is 5.25. The Labute approximate surface area is 95.3 Å². The van der Waals surface area contributed by atoms with Gasteiger partial charge in [-0.05, 0) is 37.3 Å². The third kappa shape index (κ3) is 3.30. The first-order chi connectivity index (χ1) is 7.36. The summed E-state index contributed by atoms with van der Waals surface area (Å²) < 4.78 is 0. The van der Waals surface area contributed by atoms with Crippen molar-refractivity contribution in [2.75, 3.05) is 6.54 Å². The molecule has 2 nitrogen and oxygen atoms in total. The van der Waals surface area contributed by atoms with Crippen molar-refractivity contribution in [2.24, 2.45) is 0 Å². The summed E-state index contributed by atoms with van der Waals surface area (Å²) in [4.78, 5) is 1.10. The number of thiophene rings is 1. The lowest BCUT2D eigenvalue weighted by Crippen LogP contribution is -2.29. The van der Waals surface area contributed by atoms with Crippen molar-refractivity contribution in [2.45, 2.75) is 44.2 Å². The van der Waals surface area contributed by atoms with Crippen LogP contribution in [0.4, 0.5) is 0 Å². The molecular weight excluding hydrogens is 206 g/mol. The Bertz CT molecular complexity index is 265. The average Bonchev–Trinajstić information content (AvgIpc) is 2.65. The summed E-state index contributed by atoms with van der Waals surface area (Å²) in [5.41, 5.74) is 0. The minimum atomic E-state index is -0.277. The highest BCUT2D eigenvalue weighted by Gasteiger charge is 2.17. The SMILES string of the molecule is O[C@H](C[C@H]1CCCCCN1)c1cccs1. The summed E-state index contributed by atoms with van der Waals surface area (Å²) in [6.45, 7) is 1.11. The van der Waals surface area contributed by atoms with E-state index in [0.717, 1.165) is 17.8 Å². The van der Waals surface area contributed by atoms with Gasteiger partial charge in [0.25, 0.3) is 0 Å². The second-order valence-electron chi connectivity index (χ2n) is 4.27. The molecule has 1 fully saturated rings. The first-order valence-corrected chi connectivity index (χ1v) is 6.69. The number of rotatable bonds is 3. The predicted molar refractivity (Wildman–Crippen MR) is 64.2 cm³/mol. The molecule has 1 aromatic rings. The molecule has 1 aliphatic heterocycles. The molecular formula is C12H19NOS. The minimum Gasteiger partial charge on any atom is -0.388 e. The van der Waals surface area contributed by atoms with Gasteiger partial charge in [-0.3, -0.25) is 0 Å². The molecule has 2 heterocycles. The lowest BCUT2D eigenvalue weighted by Gasteiger charge is -2.18. The fraction of sp³-hybridized carbons (Fsp3) is 0.667. The van der Waals surface area contributed by atoms with Crippen molar-refractivity contribution >= 4 is 11.3 Å². The van der Waals surface area contributed by atoms with Crippen LogP contribution in [0.5, 0.6) is 0 Å². The molecule has 0 aromatic carbocycles. The second kappa shape index (κ2) is 5.64. The van der Waals surface area contributed by atoms with Crippen LogP contribution in [0.25, 0.3) is 0 Å². The van der Waals surface area contributed by atoms with Gasteiger partial charge in [-0.25, -0.2) is 0 Å². The molecule has 0 radical (unpaired) electrons. The Morgan fingerprint density at radius 3 is 3.20 bits per heavy atom. The van der Waals surface area contributed by atoms with E-state index in [1.807, 2.05) is 17.5 Å². The number of nitrogens with one attached hydrogen (secondary N) is 1. The lowest BCUT2D eigenvalue weighted by atomic mass is 10.0. The molecule has 2 rings (SSSR count). The fourth-order valence-electron chi connectivity index (χ4n) is 2.17. The quantitative estimate of drug-likeness (QED) is 0.829. The Morgan fingerprint density at radius 1 is 1.47 bits per heavy atom. The highest BCUT2D eigenvalue weighted by Crippen LogP contribution is 2.25. The van der Waals surface area contributed by atoms with Gasteiger partial charge in [-0.1, -0.05) is 18.9 Å². The van der Waals surface area contributed by atoms with E-state index in [9.17, 15) is 5.11 Å². The summed E-state index contributed by atoms with van der Waals surface area (Å²) in [5, 5.41) is 15.6. The number of aliphatic hydroxyl groups is 1. The Morgan fingerprint density at radius 2 is 2.40 bits per heavy atom. The van der Waals surface area contributed by atoms with E-state index in [2.05, 4.69) is 5.32 Å². The molecule has 0 spiro atoms. The lowest BCUT2D eigenvalue weighted by molar-refractivity contribution is 0.154. The molecule has 2 N–H and O–H groups in total. The summed E-state index contributed by atoms with van der Waals surface area (Å²) >= 11 is 1.65. The van der Waals surface area contributed by atoms with Crippen molar-refractivity contribution < 1.29 is 5.11 Å². The van der Waals surface area contributed by atoms with Gasteiger partial charge >= 0.3 is 0 Å². The van der Waals surface area contributed by atoms with Gasteiger partial charge in [-0.15, -0.1) is 11.3 Å². The van der Waals surface area contributed by atoms with Crippen LogP contribution in [-0.4, -0.2) is 17.7 Å². The molecule has 0 amide bonds. The van der Waals surface area contributed by atoms with Crippen LogP contribution in [0.2, 0.25) is 0 Å². The van der Waals surface area contributed by atoms with Gasteiger partial charge in [0.05, 0.1) is 6.10 Å². The van der Waals surface area contributed by atoms with Gasteiger partial charge in [0.2, 0.25) is 0 Å². The van der Waals surface area contributed by atoms with Crippen LogP contribution in [0.1, 0.15) is 43.1 Å². The Hall–Kier alpha value is -0.380. The molecule has 3 heteroatoms. The first-order valence-electron chi connectivity index (χ1n) is 5.81. The molecule has 84 valence electrons. The van der Waals surface area contributed by atoms with Crippen LogP contribution in [0.3, 0.4) is 0 Å². The van der Waals surface area contributed by atoms with E-state index in [4.69, 9.17) is 0 Å². The largest absolute Gasteiger partial charge is 0.388 e. The summed E-state index contributed by atoms with van der Waals surface area (Å²) in [6.07, 6.45) is 5.71. The predicted octanol–water partition coefficient (Wildman–Crippen LogP) is 2.70. The third-order valence-electron chi connectivity index (χ3n) is 3.04. The van der Waals surface area contributed by atoms with Crippen LogP contribution in [0, 0.1) is 0 Å². The standard InChI is InChI=1S/C12H19NOS/c14-11(12-6-4-8-15-12)9-10-5-2-1-3-7-13-10/h4,6,8,10-11,13-14H,1-3,5,7,9H2/t10-,11-/m1/s1. The van der Waals surface area contributed by atoms with Crippen molar-refractivity contribution in [3.05, 3.63) is 22.4 Å². The van der Waals surface area contributed by atoms with Crippen LogP contribution < -0.4 is 5.32 Å². The number of aliphatic hydroxyl groups excluding tert-OH is 1. The summed E-state index contributed by atoms with van der Waals surface area (Å²) in [6, 6.07) is 4.53. The van der Waals surface area contributed by atoms with Gasteiger partial charge in [0.15, 0.2) is 0 Å². The summed E-state index contributed by atoms with van der Waals surface area (Å²) in [7, 11) is 0. The maximum absolute atomic E-state index is 10.0. The third-order valence-corrected chi connectivity index (χ3v) is 4.02. The first kappa shape index (κ1) is 11.1. The van der Waals surface area contributed by atoms with E-state index < -0.39 is 0 Å². The molecule has 1 aromatic heterocycles. The Kier molecular flexibility index (Phi) is 4.18. The zero-order chi connectivity index (χ0) is 10.5. The molecule has 1 aliphatic rings. The van der Waals surface area contributed by atoms with Gasteiger partial charge in [0, 0.05) is 10.9 Å². The fourth-order valence-corrected chi connectivity index (χ4v) is 2.89. The van der Waals surface area contributed by atoms with Gasteiger partial charge in [0.1, 0.15) is 0 Å². The van der Waals surface area contributed by atoms with Crippen LogP contribution >= 0.6 is 11.3 Å². The monoisotopic (exact) mass is 225 g/mol. The highest BCUT2D eigenvalue weighted by atomic mass is 32.1. The topological polar surface area (TPSA) is 32.3 Å². The molecule has 0 bridgehead atoms. The number of hydrogen-bond acceptors (Lipinski definition) is 3. The van der Waals surface area contributed by atoms with E-state index in [-0.39, 0.29) is 6.10 Å². The van der Waals surface area contributed by atoms with Gasteiger partial charge in [-0.2, -0.15) is 0 Å². The smallest absolute Gasteiger partial charge is 0.0896 e. The number of hydrogen-bond donors (Lipinski definition) is 2. The van der Waals surface area contributed by atoms with E-state index in [1.165, 1.54) is 25.7 Å². The van der Waals surface area contributed by atoms with Crippen molar-refractivity contribution in [1.82, 2.24) is 5.32 Å². The van der Waals surface area contributed by atoms with Crippen molar-refractivity contribution in [3.63, 3.8) is 0 Å². The molecule has 15 heavy (non-hydrogen) atoms. The van der Waals surface area contributed by atoms with Gasteiger partial charge < -0.3 is 10.4 Å². The van der Waals surface area contributed by atoms with Crippen molar-refractivity contribution in [1.29, 1.82) is 0 Å².